The van der Waals surface area contributed by atoms with Gasteiger partial charge in [0.15, 0.2) is 5.76 Å². The Bertz CT molecular complexity index is 1220. The number of para-hydroxylation sites is 1. The van der Waals surface area contributed by atoms with Gasteiger partial charge in [0, 0.05) is 11.6 Å². The van der Waals surface area contributed by atoms with Crippen LogP contribution < -0.4 is 14.2 Å². The van der Waals surface area contributed by atoms with E-state index in [4.69, 9.17) is 14.2 Å². The molecule has 0 spiro atoms. The number of hydrogen-bond acceptors (Lipinski definition) is 4. The lowest BCUT2D eigenvalue weighted by Gasteiger charge is -2.22. The SMILES string of the molecule is CC1Oc2ccccc2C=C1C=C1Oc2cc(OCc3ccc(F)cc3)ccc2C1=O. The maximum Gasteiger partial charge on any atom is 0.231 e. The fourth-order valence-electron chi connectivity index (χ4n) is 3.58. The van der Waals surface area contributed by atoms with E-state index in [9.17, 15) is 9.18 Å². The van der Waals surface area contributed by atoms with Crippen LogP contribution in [0.15, 0.2) is 84.1 Å². The highest BCUT2D eigenvalue weighted by atomic mass is 19.1. The first-order valence-corrected chi connectivity index (χ1v) is 10.00. The van der Waals surface area contributed by atoms with Gasteiger partial charge < -0.3 is 14.2 Å². The number of carbonyl (C=O) groups is 1. The minimum absolute atomic E-state index is 0.174. The van der Waals surface area contributed by atoms with Gasteiger partial charge in [-0.15, -0.1) is 0 Å². The van der Waals surface area contributed by atoms with Crippen LogP contribution in [-0.2, 0) is 6.61 Å². The largest absolute Gasteiger partial charge is 0.489 e. The van der Waals surface area contributed by atoms with Crippen LogP contribution in [0.3, 0.4) is 0 Å². The Morgan fingerprint density at radius 1 is 1.03 bits per heavy atom. The smallest absolute Gasteiger partial charge is 0.231 e. The van der Waals surface area contributed by atoms with E-state index in [1.807, 2.05) is 37.3 Å². The molecule has 0 radical (unpaired) electrons. The van der Waals surface area contributed by atoms with Crippen molar-refractivity contribution in [1.82, 2.24) is 0 Å². The molecule has 1 atom stereocenters. The zero-order valence-corrected chi connectivity index (χ0v) is 16.8. The van der Waals surface area contributed by atoms with Crippen molar-refractivity contribution < 1.29 is 23.4 Å². The summed E-state index contributed by atoms with van der Waals surface area (Å²) in [6.45, 7) is 2.23. The van der Waals surface area contributed by atoms with Gasteiger partial charge in [0.2, 0.25) is 5.78 Å². The van der Waals surface area contributed by atoms with Gasteiger partial charge in [0.25, 0.3) is 0 Å². The monoisotopic (exact) mass is 414 g/mol. The van der Waals surface area contributed by atoms with Crippen LogP contribution in [0.25, 0.3) is 6.08 Å². The van der Waals surface area contributed by atoms with Crippen LogP contribution in [0, 0.1) is 5.82 Å². The maximum atomic E-state index is 13.0. The van der Waals surface area contributed by atoms with Crippen molar-refractivity contribution in [2.45, 2.75) is 19.6 Å². The second kappa shape index (κ2) is 7.76. The molecule has 1 unspecified atom stereocenters. The molecule has 154 valence electrons. The molecule has 2 heterocycles. The van der Waals surface area contributed by atoms with Crippen molar-refractivity contribution >= 4 is 11.9 Å². The van der Waals surface area contributed by atoms with Gasteiger partial charge in [-0.1, -0.05) is 30.3 Å². The molecule has 3 aromatic carbocycles. The lowest BCUT2D eigenvalue weighted by molar-refractivity contribution is 0.101. The fourth-order valence-corrected chi connectivity index (χ4v) is 3.58. The van der Waals surface area contributed by atoms with E-state index in [1.54, 1.807) is 36.4 Å². The van der Waals surface area contributed by atoms with Crippen LogP contribution in [0.1, 0.15) is 28.4 Å². The van der Waals surface area contributed by atoms with Gasteiger partial charge in [-0.3, -0.25) is 4.79 Å². The number of Topliss-reactive ketones (excluding diaryl/α,β-unsaturated/α-hetero) is 1. The van der Waals surface area contributed by atoms with Gasteiger partial charge in [0.1, 0.15) is 35.8 Å². The Hall–Kier alpha value is -3.86. The van der Waals surface area contributed by atoms with E-state index in [0.717, 1.165) is 22.4 Å². The predicted molar refractivity (Wildman–Crippen MR) is 115 cm³/mol. The average Bonchev–Trinajstić information content (AvgIpc) is 3.08. The lowest BCUT2D eigenvalue weighted by Crippen LogP contribution is -2.18. The van der Waals surface area contributed by atoms with Gasteiger partial charge in [-0.2, -0.15) is 0 Å². The Labute approximate surface area is 179 Å². The number of rotatable bonds is 4. The number of carbonyl (C=O) groups excluding carboxylic acids is 1. The van der Waals surface area contributed by atoms with Gasteiger partial charge in [0.05, 0.1) is 5.56 Å². The molecule has 0 aliphatic carbocycles. The topological polar surface area (TPSA) is 44.8 Å². The van der Waals surface area contributed by atoms with Gasteiger partial charge in [-0.05, 0) is 60.5 Å². The van der Waals surface area contributed by atoms with E-state index in [1.165, 1.54) is 12.1 Å². The van der Waals surface area contributed by atoms with Crippen molar-refractivity contribution in [2.24, 2.45) is 0 Å². The molecule has 5 heteroatoms. The Morgan fingerprint density at radius 3 is 2.68 bits per heavy atom. The standard InChI is InChI=1S/C26H19FO4/c1-16-19(12-18-4-2-3-5-23(18)30-16)13-25-26(28)22-11-10-21(14-24(22)31-25)29-15-17-6-8-20(27)9-7-17/h2-14,16H,15H2,1H3. The molecule has 0 amide bonds. The molecule has 0 saturated carbocycles. The summed E-state index contributed by atoms with van der Waals surface area (Å²) in [6.07, 6.45) is 3.55. The zero-order valence-electron chi connectivity index (χ0n) is 16.8. The Kier molecular flexibility index (Phi) is 4.79. The first-order chi connectivity index (χ1) is 15.1. The summed E-state index contributed by atoms with van der Waals surface area (Å²) in [5.41, 5.74) is 3.17. The molecule has 31 heavy (non-hydrogen) atoms. The van der Waals surface area contributed by atoms with Crippen LogP contribution in [0.4, 0.5) is 4.39 Å². The third-order valence-electron chi connectivity index (χ3n) is 5.27. The number of ketones is 1. The number of fused-ring (bicyclic) bond motifs is 2. The fraction of sp³-hybridized carbons (Fsp3) is 0.115. The molecule has 3 aromatic rings. The summed E-state index contributed by atoms with van der Waals surface area (Å²) in [5, 5.41) is 0. The maximum absolute atomic E-state index is 13.0. The zero-order chi connectivity index (χ0) is 21.4. The van der Waals surface area contributed by atoms with E-state index >= 15 is 0 Å². The molecule has 0 saturated heterocycles. The summed E-state index contributed by atoms with van der Waals surface area (Å²) < 4.78 is 30.6. The van der Waals surface area contributed by atoms with Crippen LogP contribution in [0.2, 0.25) is 0 Å². The van der Waals surface area contributed by atoms with Crippen LogP contribution in [-0.4, -0.2) is 11.9 Å². The number of allylic oxidation sites excluding steroid dienone is 1. The number of benzene rings is 3. The molecule has 2 aliphatic heterocycles. The Morgan fingerprint density at radius 2 is 1.84 bits per heavy atom. The highest BCUT2D eigenvalue weighted by molar-refractivity contribution is 6.12. The quantitative estimate of drug-likeness (QED) is 0.512. The molecular weight excluding hydrogens is 395 g/mol. The van der Waals surface area contributed by atoms with Crippen molar-refractivity contribution in [2.75, 3.05) is 0 Å². The lowest BCUT2D eigenvalue weighted by atomic mass is 10.0. The molecule has 0 N–H and O–H groups in total. The number of ether oxygens (including phenoxy) is 3. The average molecular weight is 414 g/mol. The van der Waals surface area contributed by atoms with Crippen molar-refractivity contribution in [3.05, 3.63) is 107 Å². The summed E-state index contributed by atoms with van der Waals surface area (Å²) in [7, 11) is 0. The summed E-state index contributed by atoms with van der Waals surface area (Å²) in [4.78, 5) is 12.8. The molecule has 0 bridgehead atoms. The molecule has 2 aliphatic rings. The molecule has 5 rings (SSSR count). The predicted octanol–water partition coefficient (Wildman–Crippen LogP) is 5.73. The van der Waals surface area contributed by atoms with Gasteiger partial charge in [-0.25, -0.2) is 4.39 Å². The third-order valence-corrected chi connectivity index (χ3v) is 5.27. The summed E-state index contributed by atoms with van der Waals surface area (Å²) in [6, 6.07) is 19.0. The Balaban J connectivity index is 1.35. The van der Waals surface area contributed by atoms with E-state index in [2.05, 4.69) is 0 Å². The third kappa shape index (κ3) is 3.82. The second-order valence-electron chi connectivity index (χ2n) is 7.46. The first-order valence-electron chi connectivity index (χ1n) is 10.00. The highest BCUT2D eigenvalue weighted by Gasteiger charge is 2.29. The van der Waals surface area contributed by atoms with Crippen LogP contribution >= 0.6 is 0 Å². The minimum atomic E-state index is -0.288. The summed E-state index contributed by atoms with van der Waals surface area (Å²) in [5.74, 6) is 1.64. The highest BCUT2D eigenvalue weighted by Crippen LogP contribution is 2.36. The van der Waals surface area contributed by atoms with E-state index in [0.29, 0.717) is 17.1 Å². The molecule has 4 nitrogen and oxygen atoms in total. The summed E-state index contributed by atoms with van der Waals surface area (Å²) >= 11 is 0. The molecular formula is C26H19FO4. The van der Waals surface area contributed by atoms with Gasteiger partial charge >= 0.3 is 0 Å². The van der Waals surface area contributed by atoms with E-state index in [-0.39, 0.29) is 30.1 Å². The van der Waals surface area contributed by atoms with Crippen molar-refractivity contribution in [1.29, 1.82) is 0 Å². The second-order valence-corrected chi connectivity index (χ2v) is 7.46. The normalized spacial score (nSPS) is 18.0. The minimum Gasteiger partial charge on any atom is -0.489 e. The molecule has 0 aromatic heterocycles. The van der Waals surface area contributed by atoms with Crippen molar-refractivity contribution in [3.8, 4) is 17.2 Å². The van der Waals surface area contributed by atoms with E-state index < -0.39 is 0 Å². The van der Waals surface area contributed by atoms with Crippen molar-refractivity contribution in [3.63, 3.8) is 0 Å². The number of hydrogen-bond donors (Lipinski definition) is 0. The molecule has 0 fully saturated rings. The number of halogens is 1. The van der Waals surface area contributed by atoms with Crippen LogP contribution in [0.5, 0.6) is 17.2 Å². The first kappa shape index (κ1) is 19.1.